The largest absolute Gasteiger partial charge is 0.471 e. The van der Waals surface area contributed by atoms with Crippen molar-refractivity contribution in [1.82, 2.24) is 5.32 Å². The van der Waals surface area contributed by atoms with E-state index >= 15 is 0 Å². The topological polar surface area (TPSA) is 29.1 Å². The van der Waals surface area contributed by atoms with Crippen LogP contribution in [-0.4, -0.2) is 23.5 Å². The van der Waals surface area contributed by atoms with E-state index in [-0.39, 0.29) is 5.38 Å². The van der Waals surface area contributed by atoms with Gasteiger partial charge < -0.3 is 5.32 Å². The summed E-state index contributed by atoms with van der Waals surface area (Å²) in [6, 6.07) is -0.532. The highest BCUT2D eigenvalue weighted by Crippen LogP contribution is 2.25. The van der Waals surface area contributed by atoms with Crippen LogP contribution in [0.1, 0.15) is 19.3 Å². The Morgan fingerprint density at radius 2 is 2.00 bits per heavy atom. The molecule has 2 atom stereocenters. The molecule has 2 nitrogen and oxygen atoms in total. The molecule has 13 heavy (non-hydrogen) atoms. The smallest absolute Gasteiger partial charge is 0.344 e. The lowest BCUT2D eigenvalue weighted by molar-refractivity contribution is -0.174. The van der Waals surface area contributed by atoms with Crippen molar-refractivity contribution >= 4 is 17.5 Å². The molecule has 2 unspecified atom stereocenters. The standard InChI is InChI=1S/C7H9ClF3NO/c8-4-2-1-3-5(4)12-6(13)7(9,10)11/h4-5H,1-3H2,(H,12,13). The Morgan fingerprint density at radius 3 is 2.38 bits per heavy atom. The molecule has 1 N–H and O–H groups in total. The quantitative estimate of drug-likeness (QED) is 0.665. The van der Waals surface area contributed by atoms with Gasteiger partial charge in [0.05, 0.1) is 5.38 Å². The van der Waals surface area contributed by atoms with Crippen molar-refractivity contribution in [3.63, 3.8) is 0 Å². The summed E-state index contributed by atoms with van der Waals surface area (Å²) in [5.41, 5.74) is 0. The second-order valence-electron chi connectivity index (χ2n) is 3.02. The summed E-state index contributed by atoms with van der Waals surface area (Å²) < 4.78 is 35.3. The Labute approximate surface area is 78.4 Å². The molecular weight excluding hydrogens is 207 g/mol. The molecule has 0 spiro atoms. The predicted molar refractivity (Wildman–Crippen MR) is 41.5 cm³/mol. The molecule has 1 amide bonds. The van der Waals surface area contributed by atoms with Gasteiger partial charge in [0.25, 0.3) is 0 Å². The van der Waals surface area contributed by atoms with E-state index in [0.717, 1.165) is 6.42 Å². The van der Waals surface area contributed by atoms with Gasteiger partial charge in [-0.15, -0.1) is 11.6 Å². The average molecular weight is 216 g/mol. The third-order valence-electron chi connectivity index (χ3n) is 2.01. The van der Waals surface area contributed by atoms with E-state index in [9.17, 15) is 18.0 Å². The maximum absolute atomic E-state index is 11.8. The van der Waals surface area contributed by atoms with Crippen molar-refractivity contribution in [2.75, 3.05) is 0 Å². The molecule has 0 radical (unpaired) electrons. The van der Waals surface area contributed by atoms with E-state index in [2.05, 4.69) is 0 Å². The highest BCUT2D eigenvalue weighted by Gasteiger charge is 2.41. The van der Waals surface area contributed by atoms with Gasteiger partial charge >= 0.3 is 12.1 Å². The number of halogens is 4. The van der Waals surface area contributed by atoms with Gasteiger partial charge in [0.1, 0.15) is 0 Å². The van der Waals surface area contributed by atoms with Gasteiger partial charge in [0, 0.05) is 6.04 Å². The van der Waals surface area contributed by atoms with Crippen LogP contribution >= 0.6 is 11.6 Å². The SMILES string of the molecule is O=C(NC1CCCC1Cl)C(F)(F)F. The minimum atomic E-state index is -4.81. The molecule has 0 bridgehead atoms. The maximum Gasteiger partial charge on any atom is 0.471 e. The Balaban J connectivity index is 2.45. The van der Waals surface area contributed by atoms with Gasteiger partial charge in [0.2, 0.25) is 0 Å². The van der Waals surface area contributed by atoms with Crippen LogP contribution in [0.25, 0.3) is 0 Å². The van der Waals surface area contributed by atoms with Crippen LogP contribution in [0.4, 0.5) is 13.2 Å². The number of rotatable bonds is 1. The molecule has 0 aliphatic heterocycles. The zero-order valence-electron chi connectivity index (χ0n) is 6.70. The third kappa shape index (κ3) is 2.76. The molecule has 1 rings (SSSR count). The Hall–Kier alpha value is -0.450. The first-order valence-corrected chi connectivity index (χ1v) is 4.36. The second kappa shape index (κ2) is 3.74. The fourth-order valence-electron chi connectivity index (χ4n) is 1.33. The van der Waals surface area contributed by atoms with Crippen LogP contribution in [0, 0.1) is 0 Å². The number of carbonyl (C=O) groups is 1. The van der Waals surface area contributed by atoms with Crippen molar-refractivity contribution in [3.8, 4) is 0 Å². The normalized spacial score (nSPS) is 28.9. The molecule has 1 fully saturated rings. The summed E-state index contributed by atoms with van der Waals surface area (Å²) in [6.07, 6.45) is -2.86. The summed E-state index contributed by atoms with van der Waals surface area (Å²) in [6.45, 7) is 0. The minimum Gasteiger partial charge on any atom is -0.344 e. The number of carbonyl (C=O) groups excluding carboxylic acids is 1. The van der Waals surface area contributed by atoms with Crippen molar-refractivity contribution in [2.45, 2.75) is 36.9 Å². The molecule has 76 valence electrons. The lowest BCUT2D eigenvalue weighted by atomic mass is 10.2. The molecule has 0 heterocycles. The maximum atomic E-state index is 11.8. The van der Waals surface area contributed by atoms with Crippen LogP contribution in [0.15, 0.2) is 0 Å². The van der Waals surface area contributed by atoms with E-state index in [1.807, 2.05) is 5.32 Å². The first-order valence-electron chi connectivity index (χ1n) is 3.93. The van der Waals surface area contributed by atoms with Crippen molar-refractivity contribution < 1.29 is 18.0 Å². The monoisotopic (exact) mass is 215 g/mol. The van der Waals surface area contributed by atoms with Gasteiger partial charge in [-0.3, -0.25) is 4.79 Å². The number of hydrogen-bond acceptors (Lipinski definition) is 1. The van der Waals surface area contributed by atoms with Gasteiger partial charge in [-0.25, -0.2) is 0 Å². The molecule has 0 aromatic rings. The molecule has 1 saturated carbocycles. The van der Waals surface area contributed by atoms with Crippen molar-refractivity contribution in [3.05, 3.63) is 0 Å². The van der Waals surface area contributed by atoms with Crippen LogP contribution in [0.3, 0.4) is 0 Å². The van der Waals surface area contributed by atoms with Crippen LogP contribution in [0.2, 0.25) is 0 Å². The molecule has 0 aromatic carbocycles. The Morgan fingerprint density at radius 1 is 1.38 bits per heavy atom. The lowest BCUT2D eigenvalue weighted by Gasteiger charge is -2.16. The molecular formula is C7H9ClF3NO. The lowest BCUT2D eigenvalue weighted by Crippen LogP contribution is -2.45. The Kier molecular flexibility index (Phi) is 3.05. The first kappa shape index (κ1) is 10.6. The first-order chi connectivity index (χ1) is 5.91. The molecule has 6 heteroatoms. The highest BCUT2D eigenvalue weighted by molar-refractivity contribution is 6.21. The minimum absolute atomic E-state index is 0.369. The van der Waals surface area contributed by atoms with Crippen molar-refractivity contribution in [1.29, 1.82) is 0 Å². The fourth-order valence-corrected chi connectivity index (χ4v) is 1.67. The summed E-state index contributed by atoms with van der Waals surface area (Å²) >= 11 is 5.69. The van der Waals surface area contributed by atoms with Gasteiger partial charge in [0.15, 0.2) is 0 Å². The summed E-state index contributed by atoms with van der Waals surface area (Å²) in [5.74, 6) is -1.90. The molecule has 1 aliphatic carbocycles. The van der Waals surface area contributed by atoms with Crippen LogP contribution < -0.4 is 5.32 Å². The number of alkyl halides is 4. The van der Waals surface area contributed by atoms with Crippen LogP contribution in [-0.2, 0) is 4.79 Å². The van der Waals surface area contributed by atoms with E-state index < -0.39 is 18.1 Å². The van der Waals surface area contributed by atoms with E-state index in [1.54, 1.807) is 0 Å². The summed E-state index contributed by atoms with van der Waals surface area (Å²) in [5, 5.41) is 1.50. The third-order valence-corrected chi connectivity index (χ3v) is 2.53. The average Bonchev–Trinajstić information content (AvgIpc) is 2.34. The van der Waals surface area contributed by atoms with E-state index in [0.29, 0.717) is 12.8 Å². The van der Waals surface area contributed by atoms with Gasteiger partial charge in [-0.05, 0) is 19.3 Å². The number of amides is 1. The molecule has 0 aromatic heterocycles. The van der Waals surface area contributed by atoms with Gasteiger partial charge in [-0.2, -0.15) is 13.2 Å². The zero-order chi connectivity index (χ0) is 10.1. The van der Waals surface area contributed by atoms with Gasteiger partial charge in [-0.1, -0.05) is 0 Å². The Bertz CT molecular complexity index is 206. The zero-order valence-corrected chi connectivity index (χ0v) is 7.45. The molecule has 0 saturated heterocycles. The fraction of sp³-hybridized carbons (Fsp3) is 0.857. The molecule has 1 aliphatic rings. The summed E-state index contributed by atoms with van der Waals surface area (Å²) in [4.78, 5) is 10.5. The second-order valence-corrected chi connectivity index (χ2v) is 3.59. The number of nitrogens with one attached hydrogen (secondary N) is 1. The summed E-state index contributed by atoms with van der Waals surface area (Å²) in [7, 11) is 0. The van der Waals surface area contributed by atoms with Crippen molar-refractivity contribution in [2.24, 2.45) is 0 Å². The van der Waals surface area contributed by atoms with E-state index in [4.69, 9.17) is 11.6 Å². The number of hydrogen-bond donors (Lipinski definition) is 1. The highest BCUT2D eigenvalue weighted by atomic mass is 35.5. The van der Waals surface area contributed by atoms with E-state index in [1.165, 1.54) is 0 Å². The predicted octanol–water partition coefficient (Wildman–Crippen LogP) is 1.82. The van der Waals surface area contributed by atoms with Crippen LogP contribution in [0.5, 0.6) is 0 Å².